The van der Waals surface area contributed by atoms with Crippen molar-refractivity contribution >= 4 is 28.7 Å². The van der Waals surface area contributed by atoms with E-state index in [2.05, 4.69) is 25.1 Å². The molecule has 2 N–H and O–H groups in total. The summed E-state index contributed by atoms with van der Waals surface area (Å²) in [6.45, 7) is 0.340. The van der Waals surface area contributed by atoms with Gasteiger partial charge in [-0.25, -0.2) is 9.97 Å². The normalized spacial score (nSPS) is 10.8. The van der Waals surface area contributed by atoms with E-state index >= 15 is 0 Å². The van der Waals surface area contributed by atoms with Crippen LogP contribution in [0.3, 0.4) is 0 Å². The zero-order valence-corrected chi connectivity index (χ0v) is 12.6. The van der Waals surface area contributed by atoms with Gasteiger partial charge in [-0.1, -0.05) is 23.3 Å². The van der Waals surface area contributed by atoms with Crippen molar-refractivity contribution in [3.63, 3.8) is 0 Å². The van der Waals surface area contributed by atoms with E-state index in [1.807, 2.05) is 47.4 Å². The van der Waals surface area contributed by atoms with Crippen LogP contribution in [0.2, 0.25) is 0 Å². The Bertz CT molecular complexity index is 970. The summed E-state index contributed by atoms with van der Waals surface area (Å²) in [6, 6.07) is 13.6. The standard InChI is InChI=1S/C16H13N7O/c17-16-22-21-14(24-16)10-23(11-4-2-1-3-5-11)13-7-6-12-15(20-13)19-9-8-18-12/h1-9H,10H2,(H2,17,22). The number of nitrogens with two attached hydrogens (primary N) is 1. The van der Waals surface area contributed by atoms with Crippen molar-refractivity contribution in [2.24, 2.45) is 0 Å². The van der Waals surface area contributed by atoms with Crippen molar-refractivity contribution in [1.29, 1.82) is 0 Å². The predicted octanol–water partition coefficient (Wildman–Crippen LogP) is 2.33. The predicted molar refractivity (Wildman–Crippen MR) is 88.3 cm³/mol. The van der Waals surface area contributed by atoms with Gasteiger partial charge in [-0.2, -0.15) is 0 Å². The first-order valence-corrected chi connectivity index (χ1v) is 7.28. The van der Waals surface area contributed by atoms with E-state index in [1.165, 1.54) is 0 Å². The van der Waals surface area contributed by atoms with Gasteiger partial charge in [0, 0.05) is 18.1 Å². The molecule has 0 bridgehead atoms. The number of aromatic nitrogens is 5. The van der Waals surface area contributed by atoms with Gasteiger partial charge in [0.25, 0.3) is 0 Å². The second-order valence-electron chi connectivity index (χ2n) is 5.02. The Hall–Kier alpha value is -3.55. The lowest BCUT2D eigenvalue weighted by Gasteiger charge is -2.22. The molecular weight excluding hydrogens is 306 g/mol. The minimum atomic E-state index is 0.0374. The molecule has 0 saturated heterocycles. The second kappa shape index (κ2) is 5.92. The summed E-state index contributed by atoms with van der Waals surface area (Å²) in [7, 11) is 0. The van der Waals surface area contributed by atoms with Crippen LogP contribution in [0.1, 0.15) is 5.89 Å². The fraction of sp³-hybridized carbons (Fsp3) is 0.0625. The lowest BCUT2D eigenvalue weighted by atomic mass is 10.2. The SMILES string of the molecule is Nc1nnc(CN(c2ccccc2)c2ccc3nccnc3n2)o1. The lowest BCUT2D eigenvalue weighted by Crippen LogP contribution is -2.18. The van der Waals surface area contributed by atoms with Crippen molar-refractivity contribution in [2.45, 2.75) is 6.54 Å². The van der Waals surface area contributed by atoms with Crippen molar-refractivity contribution in [2.75, 3.05) is 10.6 Å². The summed E-state index contributed by atoms with van der Waals surface area (Å²) in [5.41, 5.74) is 7.75. The van der Waals surface area contributed by atoms with Gasteiger partial charge in [0.1, 0.15) is 17.9 Å². The Labute approximate surface area is 137 Å². The van der Waals surface area contributed by atoms with Crippen LogP contribution in [0.15, 0.2) is 59.3 Å². The molecule has 24 heavy (non-hydrogen) atoms. The summed E-state index contributed by atoms with van der Waals surface area (Å²) in [5.74, 6) is 1.10. The maximum Gasteiger partial charge on any atom is 0.312 e. The number of rotatable bonds is 4. The fourth-order valence-corrected chi connectivity index (χ4v) is 2.37. The minimum absolute atomic E-state index is 0.0374. The van der Waals surface area contributed by atoms with Crippen molar-refractivity contribution in [1.82, 2.24) is 25.1 Å². The summed E-state index contributed by atoms with van der Waals surface area (Å²) in [4.78, 5) is 15.0. The maximum absolute atomic E-state index is 5.51. The van der Waals surface area contributed by atoms with Crippen LogP contribution >= 0.6 is 0 Å². The third kappa shape index (κ3) is 2.72. The number of anilines is 3. The van der Waals surface area contributed by atoms with Crippen LogP contribution in [0.4, 0.5) is 17.5 Å². The molecule has 0 aliphatic carbocycles. The molecule has 3 heterocycles. The van der Waals surface area contributed by atoms with E-state index in [0.717, 1.165) is 11.2 Å². The third-order valence-corrected chi connectivity index (χ3v) is 3.44. The van der Waals surface area contributed by atoms with Crippen molar-refractivity contribution in [3.8, 4) is 0 Å². The van der Waals surface area contributed by atoms with Gasteiger partial charge in [-0.05, 0) is 24.3 Å². The van der Waals surface area contributed by atoms with Gasteiger partial charge < -0.3 is 15.1 Å². The van der Waals surface area contributed by atoms with Crippen LogP contribution in [-0.2, 0) is 6.54 Å². The number of benzene rings is 1. The summed E-state index contributed by atoms with van der Waals surface area (Å²) < 4.78 is 5.30. The Morgan fingerprint density at radius 3 is 2.58 bits per heavy atom. The van der Waals surface area contributed by atoms with E-state index in [0.29, 0.717) is 23.9 Å². The Balaban J connectivity index is 1.78. The molecule has 118 valence electrons. The molecule has 4 rings (SSSR count). The van der Waals surface area contributed by atoms with Gasteiger partial charge in [0.2, 0.25) is 5.89 Å². The third-order valence-electron chi connectivity index (χ3n) is 3.44. The number of para-hydroxylation sites is 1. The average Bonchev–Trinajstić information content (AvgIpc) is 3.05. The smallest absolute Gasteiger partial charge is 0.312 e. The Morgan fingerprint density at radius 2 is 1.79 bits per heavy atom. The first-order valence-electron chi connectivity index (χ1n) is 7.28. The average molecular weight is 319 g/mol. The first-order chi connectivity index (χ1) is 11.8. The van der Waals surface area contributed by atoms with Crippen LogP contribution in [0.25, 0.3) is 11.2 Å². The molecule has 0 aliphatic heterocycles. The molecule has 0 amide bonds. The quantitative estimate of drug-likeness (QED) is 0.610. The van der Waals surface area contributed by atoms with Gasteiger partial charge in [-0.3, -0.25) is 4.98 Å². The topological polar surface area (TPSA) is 107 Å². The van der Waals surface area contributed by atoms with E-state index in [9.17, 15) is 0 Å². The first kappa shape index (κ1) is 14.1. The summed E-state index contributed by atoms with van der Waals surface area (Å²) in [6.07, 6.45) is 3.25. The number of nitrogens with zero attached hydrogens (tertiary/aromatic N) is 6. The largest absolute Gasteiger partial charge is 0.406 e. The number of nitrogen functional groups attached to an aromatic ring is 1. The highest BCUT2D eigenvalue weighted by Crippen LogP contribution is 2.26. The van der Waals surface area contributed by atoms with E-state index < -0.39 is 0 Å². The van der Waals surface area contributed by atoms with E-state index in [1.54, 1.807) is 12.4 Å². The zero-order valence-electron chi connectivity index (χ0n) is 12.6. The molecular formula is C16H13N7O. The Kier molecular flexibility index (Phi) is 3.47. The van der Waals surface area contributed by atoms with Gasteiger partial charge in [0.05, 0.1) is 0 Å². The van der Waals surface area contributed by atoms with Crippen LogP contribution < -0.4 is 10.6 Å². The molecule has 0 unspecified atom stereocenters. The van der Waals surface area contributed by atoms with Gasteiger partial charge in [-0.15, -0.1) is 5.10 Å². The molecule has 0 atom stereocenters. The molecule has 8 heteroatoms. The van der Waals surface area contributed by atoms with Gasteiger partial charge in [0.15, 0.2) is 5.65 Å². The number of hydrogen-bond donors (Lipinski definition) is 1. The van der Waals surface area contributed by atoms with Crippen LogP contribution in [-0.4, -0.2) is 25.1 Å². The number of pyridine rings is 1. The lowest BCUT2D eigenvalue weighted by molar-refractivity contribution is 0.510. The van der Waals surface area contributed by atoms with Crippen LogP contribution in [0, 0.1) is 0 Å². The highest BCUT2D eigenvalue weighted by molar-refractivity contribution is 5.73. The number of fused-ring (bicyclic) bond motifs is 1. The Morgan fingerprint density at radius 1 is 0.958 bits per heavy atom. The molecule has 0 spiro atoms. The highest BCUT2D eigenvalue weighted by atomic mass is 16.4. The maximum atomic E-state index is 5.51. The molecule has 8 nitrogen and oxygen atoms in total. The van der Waals surface area contributed by atoms with Crippen LogP contribution in [0.5, 0.6) is 0 Å². The minimum Gasteiger partial charge on any atom is -0.406 e. The molecule has 4 aromatic rings. The van der Waals surface area contributed by atoms with Crippen molar-refractivity contribution in [3.05, 3.63) is 60.7 Å². The molecule has 0 fully saturated rings. The fourth-order valence-electron chi connectivity index (χ4n) is 2.37. The summed E-state index contributed by atoms with van der Waals surface area (Å²) in [5, 5.41) is 7.63. The van der Waals surface area contributed by atoms with Gasteiger partial charge >= 0.3 is 6.01 Å². The summed E-state index contributed by atoms with van der Waals surface area (Å²) >= 11 is 0. The monoisotopic (exact) mass is 319 g/mol. The second-order valence-corrected chi connectivity index (χ2v) is 5.02. The number of hydrogen-bond acceptors (Lipinski definition) is 8. The van der Waals surface area contributed by atoms with E-state index in [4.69, 9.17) is 10.2 Å². The molecule has 0 saturated carbocycles. The molecule has 3 aromatic heterocycles. The molecule has 1 aromatic carbocycles. The molecule has 0 aliphatic rings. The highest BCUT2D eigenvalue weighted by Gasteiger charge is 2.16. The van der Waals surface area contributed by atoms with Crippen molar-refractivity contribution < 1.29 is 4.42 Å². The zero-order chi connectivity index (χ0) is 16.4. The van der Waals surface area contributed by atoms with E-state index in [-0.39, 0.29) is 6.01 Å². The molecule has 0 radical (unpaired) electrons.